The van der Waals surface area contributed by atoms with Crippen LogP contribution in [0.25, 0.3) is 0 Å². The summed E-state index contributed by atoms with van der Waals surface area (Å²) in [5.74, 6) is 0.780. The lowest BCUT2D eigenvalue weighted by atomic mass is 10.0. The molecule has 0 saturated carbocycles. The minimum absolute atomic E-state index is 0.734. The van der Waals surface area contributed by atoms with Gasteiger partial charge in [0.2, 0.25) is 0 Å². The summed E-state index contributed by atoms with van der Waals surface area (Å²) < 4.78 is 7.72. The second kappa shape index (κ2) is 5.33. The predicted octanol–water partition coefficient (Wildman–Crippen LogP) is 1.42. The molecule has 3 heteroatoms. The number of hydrogen-bond acceptors (Lipinski definition) is 2. The summed E-state index contributed by atoms with van der Waals surface area (Å²) in [6.07, 6.45) is 5.54. The van der Waals surface area contributed by atoms with E-state index in [-0.39, 0.29) is 0 Å². The van der Waals surface area contributed by atoms with E-state index >= 15 is 0 Å². The van der Waals surface area contributed by atoms with Crippen molar-refractivity contribution in [1.82, 2.24) is 4.57 Å². The van der Waals surface area contributed by atoms with E-state index in [9.17, 15) is 0 Å². The smallest absolute Gasteiger partial charge is 0.0469 e. The van der Waals surface area contributed by atoms with Crippen molar-refractivity contribution >= 4 is 0 Å². The van der Waals surface area contributed by atoms with Crippen LogP contribution in [0, 0.1) is 5.92 Å². The lowest BCUT2D eigenvalue weighted by molar-refractivity contribution is 0.0611. The van der Waals surface area contributed by atoms with E-state index in [4.69, 9.17) is 10.5 Å². The first kappa shape index (κ1) is 10.7. The number of rotatable bonds is 4. The number of nitrogens with two attached hydrogens (primary N) is 1. The van der Waals surface area contributed by atoms with Crippen LogP contribution in [0.3, 0.4) is 0 Å². The van der Waals surface area contributed by atoms with Crippen LogP contribution < -0.4 is 5.73 Å². The van der Waals surface area contributed by atoms with Gasteiger partial charge in [-0.25, -0.2) is 0 Å². The third-order valence-electron chi connectivity index (χ3n) is 3.12. The third kappa shape index (κ3) is 2.83. The first-order chi connectivity index (χ1) is 7.40. The van der Waals surface area contributed by atoms with Crippen LogP contribution in [0.5, 0.6) is 0 Å². The van der Waals surface area contributed by atoms with Gasteiger partial charge >= 0.3 is 0 Å². The Kier molecular flexibility index (Phi) is 3.80. The Hall–Kier alpha value is -0.800. The third-order valence-corrected chi connectivity index (χ3v) is 3.12. The second-order valence-corrected chi connectivity index (χ2v) is 4.25. The molecule has 1 aromatic heterocycles. The van der Waals surface area contributed by atoms with Gasteiger partial charge in [-0.05, 0) is 43.9 Å². The highest BCUT2D eigenvalue weighted by Crippen LogP contribution is 2.18. The van der Waals surface area contributed by atoms with Crippen molar-refractivity contribution in [3.05, 3.63) is 24.0 Å². The van der Waals surface area contributed by atoms with Gasteiger partial charge in [0.15, 0.2) is 0 Å². The van der Waals surface area contributed by atoms with E-state index < -0.39 is 0 Å². The first-order valence-corrected chi connectivity index (χ1v) is 5.82. The Morgan fingerprint density at radius 3 is 2.93 bits per heavy atom. The van der Waals surface area contributed by atoms with E-state index in [1.54, 1.807) is 0 Å². The SMILES string of the molecule is NCCc1cccn1CC1CCOCC1. The summed E-state index contributed by atoms with van der Waals surface area (Å²) in [5.41, 5.74) is 6.95. The van der Waals surface area contributed by atoms with E-state index in [2.05, 4.69) is 22.9 Å². The Labute approximate surface area is 91.2 Å². The molecule has 15 heavy (non-hydrogen) atoms. The molecule has 2 N–H and O–H groups in total. The molecule has 0 amide bonds. The molecular formula is C12H20N2O. The molecule has 0 radical (unpaired) electrons. The van der Waals surface area contributed by atoms with Gasteiger partial charge < -0.3 is 15.0 Å². The molecule has 0 bridgehead atoms. The van der Waals surface area contributed by atoms with Gasteiger partial charge in [0, 0.05) is 31.6 Å². The highest BCUT2D eigenvalue weighted by atomic mass is 16.5. The van der Waals surface area contributed by atoms with E-state index in [1.807, 2.05) is 0 Å². The highest BCUT2D eigenvalue weighted by molar-refractivity contribution is 5.07. The van der Waals surface area contributed by atoms with Crippen LogP contribution in [0.15, 0.2) is 18.3 Å². The Balaban J connectivity index is 1.93. The van der Waals surface area contributed by atoms with E-state index in [0.717, 1.165) is 38.6 Å². The summed E-state index contributed by atoms with van der Waals surface area (Å²) in [7, 11) is 0. The molecule has 84 valence electrons. The maximum Gasteiger partial charge on any atom is 0.0469 e. The molecule has 1 fully saturated rings. The maximum atomic E-state index is 5.59. The average molecular weight is 208 g/mol. The molecule has 3 nitrogen and oxygen atoms in total. The van der Waals surface area contributed by atoms with Crippen LogP contribution in [0.2, 0.25) is 0 Å². The number of nitrogens with zero attached hydrogens (tertiary/aromatic N) is 1. The van der Waals surface area contributed by atoms with Gasteiger partial charge in [0.1, 0.15) is 0 Å². The van der Waals surface area contributed by atoms with Crippen LogP contribution in [0.1, 0.15) is 18.5 Å². The van der Waals surface area contributed by atoms with Crippen LogP contribution in [-0.2, 0) is 17.7 Å². The zero-order valence-electron chi connectivity index (χ0n) is 9.19. The number of ether oxygens (including phenoxy) is 1. The van der Waals surface area contributed by atoms with Gasteiger partial charge in [-0.3, -0.25) is 0 Å². The van der Waals surface area contributed by atoms with Gasteiger partial charge in [-0.15, -0.1) is 0 Å². The quantitative estimate of drug-likeness (QED) is 0.813. The van der Waals surface area contributed by atoms with Gasteiger partial charge in [-0.1, -0.05) is 0 Å². The minimum Gasteiger partial charge on any atom is -0.381 e. The largest absolute Gasteiger partial charge is 0.381 e. The molecule has 0 aliphatic carbocycles. The van der Waals surface area contributed by atoms with Crippen molar-refractivity contribution in [2.24, 2.45) is 11.7 Å². The Bertz CT molecular complexity index is 290. The maximum absolute atomic E-state index is 5.59. The molecule has 1 aromatic rings. The predicted molar refractivity (Wildman–Crippen MR) is 60.7 cm³/mol. The zero-order chi connectivity index (χ0) is 10.5. The van der Waals surface area contributed by atoms with Crippen molar-refractivity contribution in [3.8, 4) is 0 Å². The number of aromatic nitrogens is 1. The van der Waals surface area contributed by atoms with Gasteiger partial charge in [0.25, 0.3) is 0 Å². The van der Waals surface area contributed by atoms with Crippen LogP contribution >= 0.6 is 0 Å². The van der Waals surface area contributed by atoms with Crippen LogP contribution in [0.4, 0.5) is 0 Å². The fourth-order valence-corrected chi connectivity index (χ4v) is 2.21. The fourth-order valence-electron chi connectivity index (χ4n) is 2.21. The standard InChI is InChI=1S/C12H20N2O/c13-6-3-12-2-1-7-14(12)10-11-4-8-15-9-5-11/h1-2,7,11H,3-6,8-10,13H2. The summed E-state index contributed by atoms with van der Waals surface area (Å²) in [5, 5.41) is 0. The second-order valence-electron chi connectivity index (χ2n) is 4.25. The van der Waals surface area contributed by atoms with E-state index in [0.29, 0.717) is 0 Å². The van der Waals surface area contributed by atoms with Crippen molar-refractivity contribution < 1.29 is 4.74 Å². The van der Waals surface area contributed by atoms with Crippen molar-refractivity contribution in [2.45, 2.75) is 25.8 Å². The molecular weight excluding hydrogens is 188 g/mol. The average Bonchev–Trinajstić information content (AvgIpc) is 2.68. The summed E-state index contributed by atoms with van der Waals surface area (Å²) in [6.45, 7) is 3.72. The van der Waals surface area contributed by atoms with Gasteiger partial charge in [-0.2, -0.15) is 0 Å². The van der Waals surface area contributed by atoms with Crippen LogP contribution in [-0.4, -0.2) is 24.3 Å². The molecule has 2 rings (SSSR count). The highest BCUT2D eigenvalue weighted by Gasteiger charge is 2.14. The first-order valence-electron chi connectivity index (χ1n) is 5.82. The van der Waals surface area contributed by atoms with Gasteiger partial charge in [0.05, 0.1) is 0 Å². The topological polar surface area (TPSA) is 40.2 Å². The summed E-state index contributed by atoms with van der Waals surface area (Å²) in [6, 6.07) is 4.29. The molecule has 2 heterocycles. The zero-order valence-corrected chi connectivity index (χ0v) is 9.19. The van der Waals surface area contributed by atoms with E-state index in [1.165, 1.54) is 18.5 Å². The minimum atomic E-state index is 0.734. The molecule has 0 spiro atoms. The lowest BCUT2D eigenvalue weighted by Gasteiger charge is -2.23. The Morgan fingerprint density at radius 1 is 1.40 bits per heavy atom. The fraction of sp³-hybridized carbons (Fsp3) is 0.667. The molecule has 1 saturated heterocycles. The normalized spacial score (nSPS) is 18.2. The molecule has 0 aromatic carbocycles. The van der Waals surface area contributed by atoms with Crippen molar-refractivity contribution in [1.29, 1.82) is 0 Å². The van der Waals surface area contributed by atoms with Crippen molar-refractivity contribution in [2.75, 3.05) is 19.8 Å². The number of hydrogen-bond donors (Lipinski definition) is 1. The molecule has 0 unspecified atom stereocenters. The van der Waals surface area contributed by atoms with Crippen molar-refractivity contribution in [3.63, 3.8) is 0 Å². The molecule has 1 aliphatic rings. The monoisotopic (exact) mass is 208 g/mol. The summed E-state index contributed by atoms with van der Waals surface area (Å²) >= 11 is 0. The Morgan fingerprint density at radius 2 is 2.20 bits per heavy atom. The molecule has 1 aliphatic heterocycles. The molecule has 0 atom stereocenters. The lowest BCUT2D eigenvalue weighted by Crippen LogP contribution is -2.21. The summed E-state index contributed by atoms with van der Waals surface area (Å²) in [4.78, 5) is 0.